The summed E-state index contributed by atoms with van der Waals surface area (Å²) in [5.41, 5.74) is 0. The Balaban J connectivity index is 2.57. The Morgan fingerprint density at radius 2 is 1.67 bits per heavy atom. The van der Waals surface area contributed by atoms with Crippen LogP contribution >= 0.6 is 0 Å². The molecular formula is C11H16F2OSi. The van der Waals surface area contributed by atoms with Gasteiger partial charge < -0.3 is 4.43 Å². The third-order valence-electron chi connectivity index (χ3n) is 2.32. The highest BCUT2D eigenvalue weighted by Crippen LogP contribution is 2.03. The smallest absolute Gasteiger partial charge is 0.192 e. The van der Waals surface area contributed by atoms with Crippen molar-refractivity contribution in [2.45, 2.75) is 32.8 Å². The summed E-state index contributed by atoms with van der Waals surface area (Å²) in [6.45, 7) is 4.10. The third-order valence-corrected chi connectivity index (χ3v) is 3.70. The topological polar surface area (TPSA) is 9.23 Å². The van der Waals surface area contributed by atoms with E-state index in [2.05, 4.69) is 13.8 Å². The van der Waals surface area contributed by atoms with Crippen molar-refractivity contribution in [2.24, 2.45) is 0 Å². The summed E-state index contributed by atoms with van der Waals surface area (Å²) < 4.78 is 31.3. The second kappa shape index (κ2) is 5.98. The van der Waals surface area contributed by atoms with Crippen LogP contribution in [0.5, 0.6) is 0 Å². The van der Waals surface area contributed by atoms with Crippen LogP contribution in [0.15, 0.2) is 18.2 Å². The van der Waals surface area contributed by atoms with Crippen LogP contribution in [0.2, 0.25) is 0 Å². The van der Waals surface area contributed by atoms with Gasteiger partial charge in [-0.05, 0) is 30.2 Å². The Labute approximate surface area is 91.4 Å². The zero-order chi connectivity index (χ0) is 11.3. The summed E-state index contributed by atoms with van der Waals surface area (Å²) in [5, 5.41) is 0.680. The molecule has 0 unspecified atom stereocenters. The Morgan fingerprint density at radius 1 is 1.13 bits per heavy atom. The van der Waals surface area contributed by atoms with Crippen molar-refractivity contribution in [1.29, 1.82) is 0 Å². The summed E-state index contributed by atoms with van der Waals surface area (Å²) in [6.07, 6.45) is 2.12. The lowest BCUT2D eigenvalue weighted by Gasteiger charge is -2.13. The molecule has 15 heavy (non-hydrogen) atoms. The molecule has 0 aliphatic carbocycles. The second-order valence-electron chi connectivity index (χ2n) is 3.53. The summed E-state index contributed by atoms with van der Waals surface area (Å²) in [7, 11) is -1.00. The summed E-state index contributed by atoms with van der Waals surface area (Å²) in [6, 6.07) is 3.60. The summed E-state index contributed by atoms with van der Waals surface area (Å²) >= 11 is 0. The maximum absolute atomic E-state index is 12.8. The number of hydrogen-bond acceptors (Lipinski definition) is 1. The zero-order valence-electron chi connectivity index (χ0n) is 9.09. The van der Waals surface area contributed by atoms with E-state index in [1.54, 1.807) is 0 Å². The number of hydrogen-bond donors (Lipinski definition) is 0. The molecule has 0 saturated carbocycles. The quantitative estimate of drug-likeness (QED) is 0.702. The van der Waals surface area contributed by atoms with Crippen LogP contribution in [0.25, 0.3) is 0 Å². The lowest BCUT2D eigenvalue weighted by atomic mass is 10.2. The fraction of sp³-hybridized carbons (Fsp3) is 0.455. The average Bonchev–Trinajstić information content (AvgIpc) is 2.18. The fourth-order valence-corrected chi connectivity index (χ4v) is 2.89. The van der Waals surface area contributed by atoms with Crippen LogP contribution in [0.3, 0.4) is 0 Å². The molecule has 0 aliphatic rings. The van der Waals surface area contributed by atoms with E-state index in [4.69, 9.17) is 4.43 Å². The van der Waals surface area contributed by atoms with Gasteiger partial charge in [0.1, 0.15) is 11.6 Å². The molecule has 1 aromatic carbocycles. The molecule has 0 heterocycles. The molecule has 0 aromatic heterocycles. The highest BCUT2D eigenvalue weighted by atomic mass is 28.2. The van der Waals surface area contributed by atoms with Crippen molar-refractivity contribution >= 4 is 14.9 Å². The van der Waals surface area contributed by atoms with Crippen LogP contribution in [0.1, 0.15) is 26.7 Å². The molecule has 1 nitrogen and oxygen atoms in total. The van der Waals surface area contributed by atoms with Gasteiger partial charge in [-0.3, -0.25) is 0 Å². The maximum Gasteiger partial charge on any atom is 0.192 e. The van der Waals surface area contributed by atoms with E-state index in [-0.39, 0.29) is 6.10 Å². The largest absolute Gasteiger partial charge is 0.416 e. The molecule has 0 bridgehead atoms. The number of benzene rings is 1. The molecule has 4 heteroatoms. The summed E-state index contributed by atoms with van der Waals surface area (Å²) in [4.78, 5) is 0. The minimum atomic E-state index is -1.00. The van der Waals surface area contributed by atoms with Gasteiger partial charge in [0, 0.05) is 12.2 Å². The van der Waals surface area contributed by atoms with Crippen LogP contribution < -0.4 is 5.19 Å². The molecule has 0 N–H and O–H groups in total. The molecule has 0 radical (unpaired) electrons. The van der Waals surface area contributed by atoms with Gasteiger partial charge in [-0.15, -0.1) is 0 Å². The third kappa shape index (κ3) is 4.09. The molecule has 0 saturated heterocycles. The SMILES string of the molecule is CCC(CC)O[SiH2]c1cc(F)cc(F)c1. The predicted molar refractivity (Wildman–Crippen MR) is 60.0 cm³/mol. The van der Waals surface area contributed by atoms with E-state index in [0.717, 1.165) is 18.9 Å². The highest BCUT2D eigenvalue weighted by Gasteiger charge is 2.06. The molecule has 0 amide bonds. The molecule has 0 fully saturated rings. The second-order valence-corrected chi connectivity index (χ2v) is 4.97. The van der Waals surface area contributed by atoms with Crippen molar-refractivity contribution in [2.75, 3.05) is 0 Å². The standard InChI is InChI=1S/C11H16F2OSi/c1-3-10(4-2)14-15-11-6-8(12)5-9(13)7-11/h5-7,10H,3-4,15H2,1-2H3. The Hall–Kier alpha value is -0.743. The van der Waals surface area contributed by atoms with E-state index in [1.165, 1.54) is 12.1 Å². The van der Waals surface area contributed by atoms with Gasteiger partial charge in [-0.1, -0.05) is 13.8 Å². The summed E-state index contributed by atoms with van der Waals surface area (Å²) in [5.74, 6) is -1.05. The van der Waals surface area contributed by atoms with Gasteiger partial charge in [0.25, 0.3) is 0 Å². The van der Waals surface area contributed by atoms with Crippen molar-refractivity contribution in [3.05, 3.63) is 29.8 Å². The normalized spacial score (nSPS) is 11.8. The van der Waals surface area contributed by atoms with Gasteiger partial charge in [-0.2, -0.15) is 0 Å². The van der Waals surface area contributed by atoms with Crippen LogP contribution in [0.4, 0.5) is 8.78 Å². The van der Waals surface area contributed by atoms with Crippen molar-refractivity contribution in [1.82, 2.24) is 0 Å². The first-order valence-corrected chi connectivity index (χ1v) is 6.50. The fourth-order valence-electron chi connectivity index (χ4n) is 1.43. The van der Waals surface area contributed by atoms with E-state index < -0.39 is 21.4 Å². The Bertz CT molecular complexity index is 293. The van der Waals surface area contributed by atoms with Gasteiger partial charge >= 0.3 is 0 Å². The monoisotopic (exact) mass is 230 g/mol. The van der Waals surface area contributed by atoms with E-state index in [0.29, 0.717) is 5.19 Å². The van der Waals surface area contributed by atoms with E-state index in [1.807, 2.05) is 0 Å². The Kier molecular flexibility index (Phi) is 4.91. The molecule has 1 aromatic rings. The number of rotatable bonds is 5. The molecule has 0 spiro atoms. The highest BCUT2D eigenvalue weighted by molar-refractivity contribution is 6.46. The van der Waals surface area contributed by atoms with Crippen molar-refractivity contribution in [3.8, 4) is 0 Å². The average molecular weight is 230 g/mol. The number of halogens is 2. The molecular weight excluding hydrogens is 214 g/mol. The van der Waals surface area contributed by atoms with Gasteiger partial charge in [0.15, 0.2) is 9.76 Å². The van der Waals surface area contributed by atoms with E-state index >= 15 is 0 Å². The van der Waals surface area contributed by atoms with Crippen molar-refractivity contribution < 1.29 is 13.2 Å². The Morgan fingerprint density at radius 3 is 2.13 bits per heavy atom. The molecule has 1 rings (SSSR count). The van der Waals surface area contributed by atoms with Crippen molar-refractivity contribution in [3.63, 3.8) is 0 Å². The predicted octanol–water partition coefficient (Wildman–Crippen LogP) is 1.88. The van der Waals surface area contributed by atoms with Gasteiger partial charge in [0.2, 0.25) is 0 Å². The van der Waals surface area contributed by atoms with Crippen LogP contribution in [0, 0.1) is 11.6 Å². The van der Waals surface area contributed by atoms with Crippen LogP contribution in [-0.4, -0.2) is 15.9 Å². The van der Waals surface area contributed by atoms with Crippen LogP contribution in [-0.2, 0) is 4.43 Å². The first kappa shape index (κ1) is 12.3. The van der Waals surface area contributed by atoms with Gasteiger partial charge in [-0.25, -0.2) is 8.78 Å². The van der Waals surface area contributed by atoms with Gasteiger partial charge in [0.05, 0.1) is 0 Å². The first-order valence-electron chi connectivity index (χ1n) is 5.22. The zero-order valence-corrected chi connectivity index (χ0v) is 10.5. The lowest BCUT2D eigenvalue weighted by Crippen LogP contribution is -2.24. The lowest BCUT2D eigenvalue weighted by molar-refractivity contribution is 0.206. The molecule has 0 atom stereocenters. The minimum Gasteiger partial charge on any atom is -0.416 e. The first-order chi connectivity index (χ1) is 7.15. The maximum atomic E-state index is 12.8. The minimum absolute atomic E-state index is 0.225. The molecule has 84 valence electrons. The molecule has 0 aliphatic heterocycles. The van der Waals surface area contributed by atoms with E-state index in [9.17, 15) is 8.78 Å².